The van der Waals surface area contributed by atoms with E-state index in [0.717, 1.165) is 58.6 Å². The molecule has 0 saturated carbocycles. The topological polar surface area (TPSA) is 56.0 Å². The minimum atomic E-state index is -4.44. The number of hydrogen-bond donors (Lipinski definition) is 0. The third-order valence-corrected chi connectivity index (χ3v) is 9.36. The quantitative estimate of drug-likeness (QED) is 0.134. The standard InChI is InChI=1S/C32H31ClF3N5OS2/c1-4-39(5-2)16-17-44-25-14-15-26(27(33)18-25)29-19-28-30(38-41(29)23-10-12-24(43-3)13-11-23)31(42)40(37-28)20-21-6-8-22(9-7-21)32(34,35)36/h6-15,18-19H,4-5,16-17,20H2,1-3H3. The highest BCUT2D eigenvalue weighted by Crippen LogP contribution is 2.35. The van der Waals surface area contributed by atoms with Crippen LogP contribution in [-0.4, -0.2) is 56.1 Å². The van der Waals surface area contributed by atoms with Crippen molar-refractivity contribution in [2.45, 2.75) is 36.4 Å². The zero-order valence-electron chi connectivity index (χ0n) is 24.4. The summed E-state index contributed by atoms with van der Waals surface area (Å²) in [4.78, 5) is 17.9. The number of nitrogens with zero attached hydrogens (tertiary/aromatic N) is 5. The van der Waals surface area contributed by atoms with Crippen LogP contribution in [0.5, 0.6) is 0 Å². The zero-order valence-corrected chi connectivity index (χ0v) is 26.8. The number of thioether (sulfide) groups is 2. The molecule has 44 heavy (non-hydrogen) atoms. The molecular formula is C32H31ClF3N5OS2. The van der Waals surface area contributed by atoms with Crippen LogP contribution in [0.3, 0.4) is 0 Å². The summed E-state index contributed by atoms with van der Waals surface area (Å²) in [5.74, 6) is 0.940. The van der Waals surface area contributed by atoms with Gasteiger partial charge in [0, 0.05) is 27.7 Å². The normalized spacial score (nSPS) is 12.0. The van der Waals surface area contributed by atoms with Crippen molar-refractivity contribution < 1.29 is 13.2 Å². The van der Waals surface area contributed by atoms with Crippen molar-refractivity contribution in [3.05, 3.63) is 99.3 Å². The molecule has 2 aliphatic heterocycles. The fourth-order valence-electron chi connectivity index (χ4n) is 4.81. The average Bonchev–Trinajstić information content (AvgIpc) is 3.32. The molecule has 0 saturated heterocycles. The minimum Gasteiger partial charge on any atom is -0.303 e. The van der Waals surface area contributed by atoms with Gasteiger partial charge in [-0.2, -0.15) is 23.4 Å². The molecule has 0 spiro atoms. The molecule has 0 aliphatic carbocycles. The van der Waals surface area contributed by atoms with Gasteiger partial charge in [-0.1, -0.05) is 43.6 Å². The van der Waals surface area contributed by atoms with E-state index in [1.807, 2.05) is 48.7 Å². The molecular weight excluding hydrogens is 627 g/mol. The van der Waals surface area contributed by atoms with Crippen LogP contribution in [0.25, 0.3) is 28.3 Å². The second kappa shape index (κ2) is 13.8. The molecule has 12 heteroatoms. The van der Waals surface area contributed by atoms with E-state index in [4.69, 9.17) is 16.7 Å². The summed E-state index contributed by atoms with van der Waals surface area (Å²) in [6, 6.07) is 20.2. The lowest BCUT2D eigenvalue weighted by molar-refractivity contribution is -0.137. The lowest BCUT2D eigenvalue weighted by Crippen LogP contribution is -2.25. The first kappa shape index (κ1) is 32.2. The van der Waals surface area contributed by atoms with Crippen LogP contribution >= 0.6 is 35.1 Å². The molecule has 0 unspecified atom stereocenters. The highest BCUT2D eigenvalue weighted by atomic mass is 35.5. The van der Waals surface area contributed by atoms with Gasteiger partial charge in [0.2, 0.25) is 0 Å². The Labute approximate surface area is 267 Å². The Morgan fingerprint density at radius 1 is 0.909 bits per heavy atom. The van der Waals surface area contributed by atoms with Crippen molar-refractivity contribution in [3.63, 3.8) is 0 Å². The highest BCUT2D eigenvalue weighted by Gasteiger charge is 2.30. The van der Waals surface area contributed by atoms with Gasteiger partial charge in [0.1, 0.15) is 5.69 Å². The average molecular weight is 658 g/mol. The summed E-state index contributed by atoms with van der Waals surface area (Å²) in [5, 5.41) is 9.77. The monoisotopic (exact) mass is 657 g/mol. The van der Waals surface area contributed by atoms with Crippen molar-refractivity contribution in [2.24, 2.45) is 0 Å². The number of hydrogen-bond acceptors (Lipinski definition) is 6. The van der Waals surface area contributed by atoms with Crippen molar-refractivity contribution in [1.29, 1.82) is 0 Å². The number of alkyl halides is 3. The summed E-state index contributed by atoms with van der Waals surface area (Å²) in [7, 11) is 0. The maximum atomic E-state index is 13.4. The Bertz CT molecular complexity index is 1750. The summed E-state index contributed by atoms with van der Waals surface area (Å²) in [5.41, 5.74) is 1.96. The number of halogens is 4. The Morgan fingerprint density at radius 3 is 2.20 bits per heavy atom. The molecule has 0 bridgehead atoms. The van der Waals surface area contributed by atoms with Crippen molar-refractivity contribution in [2.75, 3.05) is 31.6 Å². The van der Waals surface area contributed by atoms with Gasteiger partial charge in [-0.15, -0.1) is 23.5 Å². The van der Waals surface area contributed by atoms with E-state index < -0.39 is 17.3 Å². The third kappa shape index (κ3) is 7.17. The Kier molecular flexibility index (Phi) is 10.1. The predicted octanol–water partition coefficient (Wildman–Crippen LogP) is 8.08. The predicted molar refractivity (Wildman–Crippen MR) is 174 cm³/mol. The lowest BCUT2D eigenvalue weighted by atomic mass is 10.1. The van der Waals surface area contributed by atoms with E-state index in [0.29, 0.717) is 22.0 Å². The first-order valence-corrected chi connectivity index (χ1v) is 16.7. The van der Waals surface area contributed by atoms with Gasteiger partial charge in [0.25, 0.3) is 5.56 Å². The number of aromatic nitrogens is 4. The molecule has 5 rings (SSSR count). The van der Waals surface area contributed by atoms with Crippen LogP contribution in [0.15, 0.2) is 87.4 Å². The Morgan fingerprint density at radius 2 is 1.59 bits per heavy atom. The van der Waals surface area contributed by atoms with Gasteiger partial charge < -0.3 is 4.90 Å². The third-order valence-electron chi connectivity index (χ3n) is 7.33. The maximum absolute atomic E-state index is 13.4. The van der Waals surface area contributed by atoms with E-state index in [1.165, 1.54) is 16.8 Å². The zero-order chi connectivity index (χ0) is 31.4. The van der Waals surface area contributed by atoms with Crippen molar-refractivity contribution in [3.8, 4) is 28.3 Å². The molecule has 0 N–H and O–H groups in total. The Balaban J connectivity index is 1.53. The molecule has 2 heterocycles. The molecule has 0 fully saturated rings. The van der Waals surface area contributed by atoms with Crippen molar-refractivity contribution >= 4 is 35.1 Å². The molecule has 0 amide bonds. The largest absolute Gasteiger partial charge is 0.416 e. The summed E-state index contributed by atoms with van der Waals surface area (Å²) in [6.45, 7) is 7.32. The molecule has 0 radical (unpaired) electrons. The van der Waals surface area contributed by atoms with E-state index in [9.17, 15) is 18.0 Å². The van der Waals surface area contributed by atoms with Gasteiger partial charge in [0.05, 0.1) is 28.5 Å². The fourth-order valence-corrected chi connectivity index (χ4v) is 6.51. The molecule has 0 atom stereocenters. The first-order chi connectivity index (χ1) is 21.1. The molecule has 0 aromatic heterocycles. The van der Waals surface area contributed by atoms with Gasteiger partial charge in [-0.05, 0) is 79.5 Å². The minimum absolute atomic E-state index is 0.00521. The molecule has 2 aliphatic rings. The SMILES string of the molecule is CCN(CC)CCSc1ccc(-c2cc3nn(Cc4ccc(C(F)(F)F)cc4)c(=O)c-3nn2-c2ccc(SC)cc2)c(Cl)c1. The molecule has 3 aromatic carbocycles. The second-order valence-corrected chi connectivity index (χ2v) is 12.5. The summed E-state index contributed by atoms with van der Waals surface area (Å²) < 4.78 is 42.0. The highest BCUT2D eigenvalue weighted by molar-refractivity contribution is 7.99. The smallest absolute Gasteiger partial charge is 0.303 e. The Hall–Kier alpha value is -3.25. The van der Waals surface area contributed by atoms with E-state index in [1.54, 1.807) is 34.3 Å². The van der Waals surface area contributed by atoms with E-state index >= 15 is 0 Å². The first-order valence-electron chi connectivity index (χ1n) is 14.1. The summed E-state index contributed by atoms with van der Waals surface area (Å²) >= 11 is 10.2. The van der Waals surface area contributed by atoms with Gasteiger partial charge >= 0.3 is 6.18 Å². The fraction of sp³-hybridized carbons (Fsp3) is 0.281. The van der Waals surface area contributed by atoms with Gasteiger partial charge in [-0.25, -0.2) is 9.36 Å². The molecule has 3 aromatic rings. The van der Waals surface area contributed by atoms with E-state index in [-0.39, 0.29) is 12.2 Å². The van der Waals surface area contributed by atoms with Crippen LogP contribution < -0.4 is 5.56 Å². The van der Waals surface area contributed by atoms with E-state index in [2.05, 4.69) is 23.8 Å². The lowest BCUT2D eigenvalue weighted by Gasteiger charge is -2.18. The molecule has 6 nitrogen and oxygen atoms in total. The number of fused-ring (bicyclic) bond motifs is 1. The van der Waals surface area contributed by atoms with Crippen LogP contribution in [0.1, 0.15) is 25.0 Å². The van der Waals surface area contributed by atoms with Crippen LogP contribution in [0.4, 0.5) is 13.2 Å². The number of benzene rings is 3. The summed E-state index contributed by atoms with van der Waals surface area (Å²) in [6.07, 6.45) is -2.44. The maximum Gasteiger partial charge on any atom is 0.416 e. The van der Waals surface area contributed by atoms with Gasteiger partial charge in [-0.3, -0.25) is 4.79 Å². The van der Waals surface area contributed by atoms with Crippen LogP contribution in [-0.2, 0) is 12.7 Å². The molecule has 230 valence electrons. The van der Waals surface area contributed by atoms with Gasteiger partial charge in [0.15, 0.2) is 5.69 Å². The van der Waals surface area contributed by atoms with Crippen LogP contribution in [0.2, 0.25) is 5.02 Å². The number of rotatable bonds is 11. The van der Waals surface area contributed by atoms with Crippen LogP contribution in [0, 0.1) is 0 Å². The van der Waals surface area contributed by atoms with Crippen molar-refractivity contribution in [1.82, 2.24) is 24.5 Å². The second-order valence-electron chi connectivity index (χ2n) is 10.0.